The van der Waals surface area contributed by atoms with E-state index >= 15 is 0 Å². The largest absolute Gasteiger partial charge is 0.333 e. The molecule has 0 saturated heterocycles. The lowest BCUT2D eigenvalue weighted by Gasteiger charge is -2.14. The van der Waals surface area contributed by atoms with Crippen LogP contribution < -0.4 is 5.73 Å². The number of carbonyl (C=O) groups is 1. The fourth-order valence-corrected chi connectivity index (χ4v) is 1.27. The summed E-state index contributed by atoms with van der Waals surface area (Å²) in [5, 5.41) is 0. The van der Waals surface area contributed by atoms with Crippen LogP contribution in [-0.2, 0) is 4.79 Å². The van der Waals surface area contributed by atoms with Crippen molar-refractivity contribution in [2.75, 3.05) is 7.05 Å². The molecule has 0 bridgehead atoms. The normalized spacial score (nSPS) is 19.0. The Morgan fingerprint density at radius 1 is 1.20 bits per heavy atom. The van der Waals surface area contributed by atoms with Gasteiger partial charge in [-0.1, -0.05) is 19.3 Å². The number of nitrogens with two attached hydrogens (primary N) is 1. The highest BCUT2D eigenvalue weighted by molar-refractivity contribution is 5.53. The molecule has 0 spiro atoms. The second-order valence-electron chi connectivity index (χ2n) is 2.53. The molecule has 10 heavy (non-hydrogen) atoms. The van der Waals surface area contributed by atoms with Gasteiger partial charge in [-0.05, 0) is 19.9 Å². The molecule has 1 rings (SSSR count). The second-order valence-corrected chi connectivity index (χ2v) is 2.53. The van der Waals surface area contributed by atoms with Gasteiger partial charge in [0, 0.05) is 5.92 Å². The van der Waals surface area contributed by atoms with E-state index in [4.69, 9.17) is 0 Å². The van der Waals surface area contributed by atoms with Crippen molar-refractivity contribution >= 4 is 6.29 Å². The highest BCUT2D eigenvalue weighted by Crippen LogP contribution is 2.21. The van der Waals surface area contributed by atoms with Gasteiger partial charge in [0.05, 0.1) is 0 Å². The van der Waals surface area contributed by atoms with Crippen molar-refractivity contribution in [2.45, 2.75) is 32.1 Å². The van der Waals surface area contributed by atoms with Gasteiger partial charge < -0.3 is 10.5 Å². The molecule has 1 aliphatic carbocycles. The molecular weight excluding hydrogens is 126 g/mol. The summed E-state index contributed by atoms with van der Waals surface area (Å²) in [6.45, 7) is 0. The Kier molecular flexibility index (Phi) is 6.50. The monoisotopic (exact) mass is 143 g/mol. The number of rotatable bonds is 1. The van der Waals surface area contributed by atoms with E-state index < -0.39 is 0 Å². The maximum absolute atomic E-state index is 10.2. The highest BCUT2D eigenvalue weighted by Gasteiger charge is 2.10. The van der Waals surface area contributed by atoms with E-state index in [1.165, 1.54) is 26.3 Å². The fraction of sp³-hybridized carbons (Fsp3) is 0.875. The minimum Gasteiger partial charge on any atom is -0.333 e. The van der Waals surface area contributed by atoms with Gasteiger partial charge in [0.15, 0.2) is 0 Å². The molecule has 0 amide bonds. The molecule has 1 fully saturated rings. The lowest BCUT2D eigenvalue weighted by atomic mass is 9.91. The van der Waals surface area contributed by atoms with E-state index in [2.05, 4.69) is 5.73 Å². The zero-order valence-corrected chi connectivity index (χ0v) is 6.68. The van der Waals surface area contributed by atoms with Crippen LogP contribution in [0.2, 0.25) is 0 Å². The Balaban J connectivity index is 0.000000371. The summed E-state index contributed by atoms with van der Waals surface area (Å²) in [7, 11) is 1.50. The van der Waals surface area contributed by atoms with Crippen molar-refractivity contribution in [3.63, 3.8) is 0 Å². The van der Waals surface area contributed by atoms with E-state index in [1.807, 2.05) is 0 Å². The van der Waals surface area contributed by atoms with Crippen molar-refractivity contribution in [1.29, 1.82) is 0 Å². The molecule has 1 saturated carbocycles. The number of aldehydes is 1. The van der Waals surface area contributed by atoms with Gasteiger partial charge >= 0.3 is 0 Å². The van der Waals surface area contributed by atoms with Gasteiger partial charge in [-0.2, -0.15) is 0 Å². The lowest BCUT2D eigenvalue weighted by Crippen LogP contribution is -2.06. The minimum atomic E-state index is 0.406. The standard InChI is InChI=1S/C7H12O.CH5N/c8-6-7-4-2-1-3-5-7;1-2/h6-7H,1-5H2;2H2,1H3. The summed E-state index contributed by atoms with van der Waals surface area (Å²) >= 11 is 0. The Hall–Kier alpha value is -0.370. The Morgan fingerprint density at radius 2 is 1.70 bits per heavy atom. The third-order valence-electron chi connectivity index (χ3n) is 1.84. The molecule has 2 heteroatoms. The summed E-state index contributed by atoms with van der Waals surface area (Å²) in [4.78, 5) is 10.2. The quantitative estimate of drug-likeness (QED) is 0.563. The van der Waals surface area contributed by atoms with Crippen LogP contribution in [0.15, 0.2) is 0 Å². The van der Waals surface area contributed by atoms with Crippen LogP contribution in [0.3, 0.4) is 0 Å². The zero-order chi connectivity index (χ0) is 7.82. The number of carbonyl (C=O) groups excluding carboxylic acids is 1. The average molecular weight is 143 g/mol. The highest BCUT2D eigenvalue weighted by atomic mass is 16.1. The molecule has 0 aliphatic heterocycles. The molecule has 1 aliphatic rings. The van der Waals surface area contributed by atoms with Crippen molar-refractivity contribution < 1.29 is 4.79 Å². The van der Waals surface area contributed by atoms with Crippen molar-refractivity contribution in [1.82, 2.24) is 0 Å². The van der Waals surface area contributed by atoms with E-state index in [0.717, 1.165) is 19.1 Å². The van der Waals surface area contributed by atoms with Crippen molar-refractivity contribution in [2.24, 2.45) is 11.7 Å². The molecule has 0 atom stereocenters. The maximum atomic E-state index is 10.2. The van der Waals surface area contributed by atoms with Crippen LogP contribution in [0, 0.1) is 5.92 Å². The van der Waals surface area contributed by atoms with E-state index in [-0.39, 0.29) is 0 Å². The summed E-state index contributed by atoms with van der Waals surface area (Å²) in [5.41, 5.74) is 4.50. The molecule has 0 aromatic heterocycles. The Bertz CT molecular complexity index is 77.3. The van der Waals surface area contributed by atoms with Gasteiger partial charge in [-0.25, -0.2) is 0 Å². The van der Waals surface area contributed by atoms with Crippen LogP contribution in [0.5, 0.6) is 0 Å². The summed E-state index contributed by atoms with van der Waals surface area (Å²) in [5.74, 6) is 0.406. The molecule has 0 aromatic rings. The first-order valence-corrected chi connectivity index (χ1v) is 3.96. The molecule has 60 valence electrons. The number of hydrogen-bond acceptors (Lipinski definition) is 2. The fourth-order valence-electron chi connectivity index (χ4n) is 1.27. The van der Waals surface area contributed by atoms with Crippen LogP contribution >= 0.6 is 0 Å². The SMILES string of the molecule is CN.O=CC1CCCCC1. The van der Waals surface area contributed by atoms with E-state index in [0.29, 0.717) is 5.92 Å². The predicted octanol–water partition coefficient (Wildman–Crippen LogP) is 1.34. The first-order valence-electron chi connectivity index (χ1n) is 3.96. The van der Waals surface area contributed by atoms with Crippen LogP contribution in [0.25, 0.3) is 0 Å². The average Bonchev–Trinajstić information content (AvgIpc) is 2.10. The van der Waals surface area contributed by atoms with Gasteiger partial charge in [0.1, 0.15) is 6.29 Å². The molecular formula is C8H17NO. The first-order chi connectivity index (χ1) is 4.93. The van der Waals surface area contributed by atoms with Gasteiger partial charge in [0.25, 0.3) is 0 Å². The molecule has 0 heterocycles. The molecule has 0 radical (unpaired) electrons. The number of hydrogen-bond donors (Lipinski definition) is 1. The third kappa shape index (κ3) is 3.62. The van der Waals surface area contributed by atoms with Crippen molar-refractivity contribution in [3.05, 3.63) is 0 Å². The van der Waals surface area contributed by atoms with Crippen molar-refractivity contribution in [3.8, 4) is 0 Å². The van der Waals surface area contributed by atoms with Crippen LogP contribution in [-0.4, -0.2) is 13.3 Å². The zero-order valence-electron chi connectivity index (χ0n) is 6.68. The van der Waals surface area contributed by atoms with Gasteiger partial charge in [-0.15, -0.1) is 0 Å². The second kappa shape index (κ2) is 6.75. The molecule has 2 N–H and O–H groups in total. The van der Waals surface area contributed by atoms with E-state index in [1.54, 1.807) is 0 Å². The summed E-state index contributed by atoms with van der Waals surface area (Å²) < 4.78 is 0. The van der Waals surface area contributed by atoms with Crippen LogP contribution in [0.4, 0.5) is 0 Å². The molecule has 0 unspecified atom stereocenters. The summed E-state index contributed by atoms with van der Waals surface area (Å²) in [6, 6.07) is 0. The minimum absolute atomic E-state index is 0.406. The van der Waals surface area contributed by atoms with Gasteiger partial charge in [0.2, 0.25) is 0 Å². The molecule has 2 nitrogen and oxygen atoms in total. The predicted molar refractivity (Wildman–Crippen MR) is 42.8 cm³/mol. The summed E-state index contributed by atoms with van der Waals surface area (Å²) in [6.07, 6.45) is 7.27. The Morgan fingerprint density at radius 3 is 2.00 bits per heavy atom. The van der Waals surface area contributed by atoms with Gasteiger partial charge in [-0.3, -0.25) is 0 Å². The topological polar surface area (TPSA) is 43.1 Å². The van der Waals surface area contributed by atoms with E-state index in [9.17, 15) is 4.79 Å². The van der Waals surface area contributed by atoms with Crippen LogP contribution in [0.1, 0.15) is 32.1 Å². The maximum Gasteiger partial charge on any atom is 0.123 e. The third-order valence-corrected chi connectivity index (χ3v) is 1.84. The molecule has 0 aromatic carbocycles. The first kappa shape index (κ1) is 9.63. The Labute approximate surface area is 62.8 Å². The lowest BCUT2D eigenvalue weighted by molar-refractivity contribution is -0.111. The smallest absolute Gasteiger partial charge is 0.123 e.